The van der Waals surface area contributed by atoms with Crippen molar-refractivity contribution in [2.45, 2.75) is 51.5 Å². The summed E-state index contributed by atoms with van der Waals surface area (Å²) in [4.78, 5) is 22.8. The summed E-state index contributed by atoms with van der Waals surface area (Å²) in [5.74, 6) is -0.978. The molecule has 0 spiro atoms. The van der Waals surface area contributed by atoms with Crippen LogP contribution in [0.1, 0.15) is 45.4 Å². The molecule has 6 nitrogen and oxygen atoms in total. The second-order valence-corrected chi connectivity index (χ2v) is 5.60. The Labute approximate surface area is 120 Å². The van der Waals surface area contributed by atoms with Crippen LogP contribution in [0.3, 0.4) is 0 Å². The number of urea groups is 1. The van der Waals surface area contributed by atoms with E-state index in [4.69, 9.17) is 9.84 Å². The summed E-state index contributed by atoms with van der Waals surface area (Å²) in [5, 5.41) is 14.4. The molecule has 0 aromatic carbocycles. The number of methoxy groups -OCH3 is 1. The Morgan fingerprint density at radius 2 is 2.10 bits per heavy atom. The molecule has 0 saturated heterocycles. The van der Waals surface area contributed by atoms with Crippen LogP contribution in [0.15, 0.2) is 0 Å². The molecule has 2 amide bonds. The number of nitrogens with one attached hydrogen (secondary N) is 2. The summed E-state index contributed by atoms with van der Waals surface area (Å²) in [6.45, 7) is 3.27. The van der Waals surface area contributed by atoms with E-state index in [0.29, 0.717) is 19.6 Å². The van der Waals surface area contributed by atoms with Crippen LogP contribution in [0.2, 0.25) is 0 Å². The number of carboxylic acids is 1. The van der Waals surface area contributed by atoms with Crippen molar-refractivity contribution in [3.8, 4) is 0 Å². The molecule has 3 N–H and O–H groups in total. The highest BCUT2D eigenvalue weighted by molar-refractivity contribution is 5.82. The first-order valence-electron chi connectivity index (χ1n) is 7.29. The molecule has 0 aromatic heterocycles. The lowest BCUT2D eigenvalue weighted by atomic mass is 10.0. The Morgan fingerprint density at radius 1 is 1.40 bits per heavy atom. The zero-order chi connectivity index (χ0) is 15.0. The van der Waals surface area contributed by atoms with E-state index in [-0.39, 0.29) is 5.41 Å². The Balaban J connectivity index is 2.29. The van der Waals surface area contributed by atoms with E-state index in [1.807, 2.05) is 6.92 Å². The number of hydrogen-bond acceptors (Lipinski definition) is 3. The number of ether oxygens (including phenoxy) is 1. The van der Waals surface area contributed by atoms with Gasteiger partial charge in [0.2, 0.25) is 0 Å². The van der Waals surface area contributed by atoms with Crippen molar-refractivity contribution in [2.24, 2.45) is 5.41 Å². The van der Waals surface area contributed by atoms with Gasteiger partial charge in [0, 0.05) is 20.3 Å². The number of carbonyl (C=O) groups is 2. The van der Waals surface area contributed by atoms with Crippen LogP contribution in [0.5, 0.6) is 0 Å². The lowest BCUT2D eigenvalue weighted by Gasteiger charge is -2.18. The number of hydrogen-bond donors (Lipinski definition) is 3. The van der Waals surface area contributed by atoms with Gasteiger partial charge in [-0.25, -0.2) is 9.59 Å². The van der Waals surface area contributed by atoms with E-state index in [2.05, 4.69) is 10.6 Å². The smallest absolute Gasteiger partial charge is 0.326 e. The number of carbonyl (C=O) groups excluding carboxylic acids is 1. The fourth-order valence-electron chi connectivity index (χ4n) is 2.15. The molecule has 0 unspecified atom stereocenters. The minimum Gasteiger partial charge on any atom is -0.480 e. The van der Waals surface area contributed by atoms with Crippen molar-refractivity contribution >= 4 is 12.0 Å². The molecule has 0 bridgehead atoms. The molecule has 20 heavy (non-hydrogen) atoms. The molecule has 1 atom stereocenters. The van der Waals surface area contributed by atoms with Gasteiger partial charge in [-0.2, -0.15) is 0 Å². The van der Waals surface area contributed by atoms with Gasteiger partial charge in [0.15, 0.2) is 0 Å². The molecule has 1 aliphatic rings. The van der Waals surface area contributed by atoms with Crippen LogP contribution in [-0.4, -0.2) is 43.4 Å². The third kappa shape index (κ3) is 5.77. The molecule has 1 aliphatic carbocycles. The molecular formula is C14H26N2O4. The molecule has 1 saturated carbocycles. The molecule has 0 radical (unpaired) electrons. The second kappa shape index (κ2) is 8.09. The number of carboxylic acid groups (broad SMARTS) is 1. The third-order valence-electron chi connectivity index (χ3n) is 3.87. The predicted octanol–water partition coefficient (Wildman–Crippen LogP) is 1.75. The SMILES string of the molecule is CCCC[C@H](NC(=O)NCC1(CCOC)CC1)C(=O)O. The summed E-state index contributed by atoms with van der Waals surface area (Å²) < 4.78 is 5.06. The average Bonchev–Trinajstić information content (AvgIpc) is 3.19. The van der Waals surface area contributed by atoms with Crippen molar-refractivity contribution in [1.29, 1.82) is 0 Å². The van der Waals surface area contributed by atoms with Crippen LogP contribution in [0.25, 0.3) is 0 Å². The molecule has 6 heteroatoms. The molecule has 0 heterocycles. The van der Waals surface area contributed by atoms with E-state index in [0.717, 1.165) is 32.1 Å². The normalized spacial score (nSPS) is 17.3. The van der Waals surface area contributed by atoms with Crippen LogP contribution in [-0.2, 0) is 9.53 Å². The van der Waals surface area contributed by atoms with Gasteiger partial charge in [-0.05, 0) is 31.1 Å². The predicted molar refractivity (Wildman–Crippen MR) is 75.6 cm³/mol. The molecule has 1 rings (SSSR count). The van der Waals surface area contributed by atoms with Crippen molar-refractivity contribution < 1.29 is 19.4 Å². The molecule has 0 aromatic rings. The number of amides is 2. The van der Waals surface area contributed by atoms with Crippen molar-refractivity contribution in [1.82, 2.24) is 10.6 Å². The van der Waals surface area contributed by atoms with E-state index >= 15 is 0 Å². The number of unbranched alkanes of at least 4 members (excludes halogenated alkanes) is 1. The highest BCUT2D eigenvalue weighted by Gasteiger charge is 2.42. The molecule has 116 valence electrons. The Hall–Kier alpha value is -1.30. The minimum atomic E-state index is -0.978. The van der Waals surface area contributed by atoms with Gasteiger partial charge in [-0.1, -0.05) is 19.8 Å². The fraction of sp³-hybridized carbons (Fsp3) is 0.857. The van der Waals surface area contributed by atoms with E-state index < -0.39 is 18.0 Å². The Kier molecular flexibility index (Phi) is 6.78. The maximum Gasteiger partial charge on any atom is 0.326 e. The summed E-state index contributed by atoms with van der Waals surface area (Å²) in [6, 6.07) is -1.19. The molecule has 0 aliphatic heterocycles. The maximum absolute atomic E-state index is 11.8. The van der Waals surface area contributed by atoms with Crippen LogP contribution in [0.4, 0.5) is 4.79 Å². The van der Waals surface area contributed by atoms with Gasteiger partial charge in [-0.15, -0.1) is 0 Å². The summed E-state index contributed by atoms with van der Waals surface area (Å²) >= 11 is 0. The van der Waals surface area contributed by atoms with E-state index in [1.165, 1.54) is 0 Å². The maximum atomic E-state index is 11.8. The Bertz CT molecular complexity index is 329. The van der Waals surface area contributed by atoms with Gasteiger partial charge in [0.25, 0.3) is 0 Å². The largest absolute Gasteiger partial charge is 0.480 e. The van der Waals surface area contributed by atoms with Crippen molar-refractivity contribution in [2.75, 3.05) is 20.3 Å². The topological polar surface area (TPSA) is 87.7 Å². The standard InChI is InChI=1S/C14H26N2O4/c1-3-4-5-11(12(17)18)16-13(19)15-10-14(6-7-14)8-9-20-2/h11H,3-10H2,1-2H3,(H,17,18)(H2,15,16,19)/t11-/m0/s1. The first-order chi connectivity index (χ1) is 9.53. The van der Waals surface area contributed by atoms with Gasteiger partial charge >= 0.3 is 12.0 Å². The lowest BCUT2D eigenvalue weighted by Crippen LogP contribution is -2.47. The van der Waals surface area contributed by atoms with Gasteiger partial charge in [-0.3, -0.25) is 0 Å². The second-order valence-electron chi connectivity index (χ2n) is 5.60. The average molecular weight is 286 g/mol. The van der Waals surface area contributed by atoms with E-state index in [9.17, 15) is 9.59 Å². The highest BCUT2D eigenvalue weighted by Crippen LogP contribution is 2.48. The van der Waals surface area contributed by atoms with Gasteiger partial charge in [0.1, 0.15) is 6.04 Å². The first-order valence-corrected chi connectivity index (χ1v) is 7.29. The Morgan fingerprint density at radius 3 is 2.60 bits per heavy atom. The van der Waals surface area contributed by atoms with Crippen LogP contribution in [0, 0.1) is 5.41 Å². The van der Waals surface area contributed by atoms with Crippen molar-refractivity contribution in [3.63, 3.8) is 0 Å². The first kappa shape index (κ1) is 16.8. The monoisotopic (exact) mass is 286 g/mol. The zero-order valence-corrected chi connectivity index (χ0v) is 12.4. The van der Waals surface area contributed by atoms with Crippen LogP contribution >= 0.6 is 0 Å². The number of aliphatic carboxylic acids is 1. The zero-order valence-electron chi connectivity index (χ0n) is 12.4. The summed E-state index contributed by atoms with van der Waals surface area (Å²) in [5.41, 5.74) is 0.162. The molecular weight excluding hydrogens is 260 g/mol. The highest BCUT2D eigenvalue weighted by atomic mass is 16.5. The summed E-state index contributed by atoms with van der Waals surface area (Å²) in [7, 11) is 1.67. The van der Waals surface area contributed by atoms with E-state index in [1.54, 1.807) is 7.11 Å². The van der Waals surface area contributed by atoms with Crippen molar-refractivity contribution in [3.05, 3.63) is 0 Å². The van der Waals surface area contributed by atoms with Gasteiger partial charge in [0.05, 0.1) is 0 Å². The lowest BCUT2D eigenvalue weighted by molar-refractivity contribution is -0.139. The molecule has 1 fully saturated rings. The summed E-state index contributed by atoms with van der Waals surface area (Å²) in [6.07, 6.45) is 5.28. The van der Waals surface area contributed by atoms with Crippen LogP contribution < -0.4 is 10.6 Å². The quantitative estimate of drug-likeness (QED) is 0.571. The fourth-order valence-corrected chi connectivity index (χ4v) is 2.15. The minimum absolute atomic E-state index is 0.162. The third-order valence-corrected chi connectivity index (χ3v) is 3.87. The number of rotatable bonds is 10. The van der Waals surface area contributed by atoms with Gasteiger partial charge < -0.3 is 20.5 Å².